The van der Waals surface area contributed by atoms with Crippen LogP contribution in [-0.4, -0.2) is 26.2 Å². The zero-order chi connectivity index (χ0) is 9.90. The van der Waals surface area contributed by atoms with Crippen LogP contribution in [0, 0.1) is 0 Å². The van der Waals surface area contributed by atoms with Crippen molar-refractivity contribution in [2.75, 3.05) is 17.1 Å². The van der Waals surface area contributed by atoms with Gasteiger partial charge >= 0.3 is 0 Å². The molecule has 0 aliphatic carbocycles. The fourth-order valence-corrected chi connectivity index (χ4v) is 2.07. The molecule has 0 saturated carbocycles. The van der Waals surface area contributed by atoms with Crippen LogP contribution in [0.2, 0.25) is 0 Å². The minimum atomic E-state index is -3.17. The maximum atomic E-state index is 11.3. The van der Waals surface area contributed by atoms with Gasteiger partial charge in [-0.05, 0) is 19.1 Å². The maximum absolute atomic E-state index is 11.3. The molecule has 0 bridgehead atoms. The summed E-state index contributed by atoms with van der Waals surface area (Å²) in [6.45, 7) is 2.21. The van der Waals surface area contributed by atoms with E-state index in [-0.39, 0.29) is 0 Å². The Hall–Kier alpha value is -1.10. The highest BCUT2D eigenvalue weighted by Crippen LogP contribution is 2.14. The third kappa shape index (κ3) is 2.42. The first-order chi connectivity index (χ1) is 6.05. The third-order valence-electron chi connectivity index (χ3n) is 1.62. The second kappa shape index (κ2) is 3.74. The SMILES string of the molecule is CCN(c1cccnc1)S(C)(=O)=O. The number of hydrogen-bond acceptors (Lipinski definition) is 3. The molecular formula is C8H12N2O2S. The Kier molecular flexibility index (Phi) is 2.87. The largest absolute Gasteiger partial charge is 0.269 e. The first kappa shape index (κ1) is 9.98. The molecule has 13 heavy (non-hydrogen) atoms. The van der Waals surface area contributed by atoms with Crippen LogP contribution >= 0.6 is 0 Å². The Morgan fingerprint density at radius 2 is 2.23 bits per heavy atom. The predicted molar refractivity (Wildman–Crippen MR) is 52.1 cm³/mol. The summed E-state index contributed by atoms with van der Waals surface area (Å²) in [5.74, 6) is 0. The molecule has 0 aromatic carbocycles. The average Bonchev–Trinajstić information content (AvgIpc) is 2.05. The Bertz CT molecular complexity index is 361. The molecule has 0 N–H and O–H groups in total. The number of sulfonamides is 1. The van der Waals surface area contributed by atoms with E-state index in [1.165, 1.54) is 16.8 Å². The minimum Gasteiger partial charge on any atom is -0.269 e. The zero-order valence-electron chi connectivity index (χ0n) is 7.64. The van der Waals surface area contributed by atoms with Crippen molar-refractivity contribution < 1.29 is 8.42 Å². The summed E-state index contributed by atoms with van der Waals surface area (Å²) in [7, 11) is -3.17. The molecule has 0 fully saturated rings. The summed E-state index contributed by atoms with van der Waals surface area (Å²) in [6.07, 6.45) is 4.33. The van der Waals surface area contributed by atoms with Crippen LogP contribution in [0.3, 0.4) is 0 Å². The van der Waals surface area contributed by atoms with Crippen LogP contribution in [0.15, 0.2) is 24.5 Å². The fourth-order valence-electron chi connectivity index (χ4n) is 1.11. The van der Waals surface area contributed by atoms with Crippen molar-refractivity contribution in [3.05, 3.63) is 24.5 Å². The van der Waals surface area contributed by atoms with E-state index in [1.54, 1.807) is 25.3 Å². The van der Waals surface area contributed by atoms with Gasteiger partial charge in [0.15, 0.2) is 0 Å². The summed E-state index contributed by atoms with van der Waals surface area (Å²) in [5.41, 5.74) is 0.604. The fraction of sp³-hybridized carbons (Fsp3) is 0.375. The van der Waals surface area contributed by atoms with Crippen molar-refractivity contribution in [3.8, 4) is 0 Å². The monoisotopic (exact) mass is 200 g/mol. The van der Waals surface area contributed by atoms with Gasteiger partial charge in [-0.2, -0.15) is 0 Å². The van der Waals surface area contributed by atoms with E-state index in [4.69, 9.17) is 0 Å². The van der Waals surface area contributed by atoms with E-state index in [2.05, 4.69) is 4.98 Å². The summed E-state index contributed by atoms with van der Waals surface area (Å²) in [4.78, 5) is 3.86. The number of aromatic nitrogens is 1. The van der Waals surface area contributed by atoms with Gasteiger partial charge in [0.1, 0.15) is 0 Å². The van der Waals surface area contributed by atoms with Gasteiger partial charge in [0.05, 0.1) is 18.1 Å². The van der Waals surface area contributed by atoms with Crippen LogP contribution in [0.25, 0.3) is 0 Å². The molecule has 0 amide bonds. The predicted octanol–water partition coefficient (Wildman–Crippen LogP) is 0.867. The standard InChI is InChI=1S/C8H12N2O2S/c1-3-10(13(2,11)12)8-5-4-6-9-7-8/h4-7H,3H2,1-2H3. The number of rotatable bonds is 3. The summed E-state index contributed by atoms with van der Waals surface area (Å²) >= 11 is 0. The molecule has 4 nitrogen and oxygen atoms in total. The van der Waals surface area contributed by atoms with E-state index < -0.39 is 10.0 Å². The summed E-state index contributed by atoms with van der Waals surface area (Å²) in [6, 6.07) is 3.43. The topological polar surface area (TPSA) is 50.3 Å². The van der Waals surface area contributed by atoms with Gasteiger partial charge < -0.3 is 0 Å². The Morgan fingerprint density at radius 3 is 2.62 bits per heavy atom. The van der Waals surface area contributed by atoms with Crippen molar-refractivity contribution in [2.24, 2.45) is 0 Å². The van der Waals surface area contributed by atoms with Gasteiger partial charge in [-0.25, -0.2) is 8.42 Å². The van der Waals surface area contributed by atoms with E-state index in [0.29, 0.717) is 12.2 Å². The van der Waals surface area contributed by atoms with Crippen molar-refractivity contribution in [1.82, 2.24) is 4.98 Å². The van der Waals surface area contributed by atoms with Crippen LogP contribution < -0.4 is 4.31 Å². The number of pyridine rings is 1. The second-order valence-electron chi connectivity index (χ2n) is 2.64. The second-order valence-corrected chi connectivity index (χ2v) is 4.55. The molecule has 1 heterocycles. The molecule has 0 aliphatic rings. The molecule has 0 spiro atoms. The highest BCUT2D eigenvalue weighted by Gasteiger charge is 2.14. The van der Waals surface area contributed by atoms with E-state index in [0.717, 1.165) is 0 Å². The number of hydrogen-bond donors (Lipinski definition) is 0. The lowest BCUT2D eigenvalue weighted by Crippen LogP contribution is -2.29. The molecule has 0 atom stereocenters. The van der Waals surface area contributed by atoms with Crippen molar-refractivity contribution in [1.29, 1.82) is 0 Å². The Balaban J connectivity index is 3.06. The number of anilines is 1. The third-order valence-corrected chi connectivity index (χ3v) is 2.89. The van der Waals surface area contributed by atoms with Crippen molar-refractivity contribution >= 4 is 15.7 Å². The molecule has 0 unspecified atom stereocenters. The van der Waals surface area contributed by atoms with Gasteiger partial charge in [0, 0.05) is 12.7 Å². The molecule has 5 heteroatoms. The van der Waals surface area contributed by atoms with Crippen molar-refractivity contribution in [3.63, 3.8) is 0 Å². The van der Waals surface area contributed by atoms with Gasteiger partial charge in [-0.1, -0.05) is 0 Å². The first-order valence-corrected chi connectivity index (χ1v) is 5.78. The Morgan fingerprint density at radius 1 is 1.54 bits per heavy atom. The molecule has 72 valence electrons. The zero-order valence-corrected chi connectivity index (χ0v) is 8.45. The highest BCUT2D eigenvalue weighted by atomic mass is 32.2. The molecule has 0 saturated heterocycles. The summed E-state index contributed by atoms with van der Waals surface area (Å²) < 4.78 is 23.8. The quantitative estimate of drug-likeness (QED) is 0.727. The molecule has 1 rings (SSSR count). The maximum Gasteiger partial charge on any atom is 0.232 e. The van der Waals surface area contributed by atoms with Crippen LogP contribution in [-0.2, 0) is 10.0 Å². The smallest absolute Gasteiger partial charge is 0.232 e. The number of nitrogens with zero attached hydrogens (tertiary/aromatic N) is 2. The van der Waals surface area contributed by atoms with Gasteiger partial charge in [0.25, 0.3) is 0 Å². The Labute approximate surface area is 78.3 Å². The molecule has 0 aliphatic heterocycles. The van der Waals surface area contributed by atoms with Crippen LogP contribution in [0.1, 0.15) is 6.92 Å². The lowest BCUT2D eigenvalue weighted by Gasteiger charge is -2.19. The van der Waals surface area contributed by atoms with Gasteiger partial charge in [-0.3, -0.25) is 9.29 Å². The lowest BCUT2D eigenvalue weighted by molar-refractivity contribution is 0.597. The first-order valence-electron chi connectivity index (χ1n) is 3.93. The average molecular weight is 200 g/mol. The van der Waals surface area contributed by atoms with Crippen LogP contribution in [0.5, 0.6) is 0 Å². The van der Waals surface area contributed by atoms with Gasteiger partial charge in [-0.15, -0.1) is 0 Å². The molecular weight excluding hydrogens is 188 g/mol. The summed E-state index contributed by atoms with van der Waals surface area (Å²) in [5, 5.41) is 0. The molecule has 1 aromatic rings. The highest BCUT2D eigenvalue weighted by molar-refractivity contribution is 7.92. The van der Waals surface area contributed by atoms with Gasteiger partial charge in [0.2, 0.25) is 10.0 Å². The minimum absolute atomic E-state index is 0.421. The van der Waals surface area contributed by atoms with Crippen molar-refractivity contribution in [2.45, 2.75) is 6.92 Å². The van der Waals surface area contributed by atoms with E-state index in [1.807, 2.05) is 0 Å². The molecule has 1 aromatic heterocycles. The molecule has 0 radical (unpaired) electrons. The van der Waals surface area contributed by atoms with Crippen LogP contribution in [0.4, 0.5) is 5.69 Å². The van der Waals surface area contributed by atoms with E-state index in [9.17, 15) is 8.42 Å². The van der Waals surface area contributed by atoms with E-state index >= 15 is 0 Å². The lowest BCUT2D eigenvalue weighted by atomic mass is 10.4. The normalized spacial score (nSPS) is 11.2.